The standard InChI is InChI=1S/C46H64O17/c1-9-10-11-12-13-14-37(50)61-42-33-23-40(53)60-41(33)35-24-34(26(2)47)59-39(52)21-29(49)20-31-22-36(57-27(3)48)44(6,7)45(54,62-31)25-32-18-28(19-38(51)56-8)17-30(58-32)15-16-43(4,5)46(42,55)63-35/h11-16,19,23,26,29-32,34-36,41-42,47,49,54-55H,9-10,17-18,20-22,24-25H2,1-8H3/b12-11+,14-13+,16-15+,28-19+/t26-,29-,30+,31-,32+,34-,35-,36+,41+,42+,45+,46-/m1/s1. The molecule has 5 aliphatic heterocycles. The van der Waals surface area contributed by atoms with E-state index >= 15 is 0 Å². The highest BCUT2D eigenvalue weighted by atomic mass is 16.7. The molecule has 5 heterocycles. The fraction of sp³-hybridized carbons (Fsp3) is 0.674. The Balaban J connectivity index is 1.62. The van der Waals surface area contributed by atoms with Crippen LogP contribution in [0.25, 0.3) is 0 Å². The molecule has 5 rings (SSSR count). The molecule has 0 aromatic carbocycles. The zero-order valence-electron chi connectivity index (χ0n) is 37.4. The van der Waals surface area contributed by atoms with E-state index in [2.05, 4.69) is 0 Å². The van der Waals surface area contributed by atoms with Crippen molar-refractivity contribution in [3.05, 3.63) is 59.8 Å². The van der Waals surface area contributed by atoms with Gasteiger partial charge in [0.1, 0.15) is 18.3 Å². The van der Waals surface area contributed by atoms with Gasteiger partial charge in [0.2, 0.25) is 5.79 Å². The Morgan fingerprint density at radius 3 is 2.35 bits per heavy atom. The predicted octanol–water partition coefficient (Wildman–Crippen LogP) is 3.64. The van der Waals surface area contributed by atoms with Crippen molar-refractivity contribution >= 4 is 29.8 Å². The number of fused-ring (bicyclic) bond motifs is 8. The van der Waals surface area contributed by atoms with Crippen LogP contribution in [-0.4, -0.2) is 130 Å². The van der Waals surface area contributed by atoms with E-state index in [1.54, 1.807) is 45.9 Å². The number of ether oxygens (including phenoxy) is 8. The molecule has 0 amide bonds. The molecule has 17 heteroatoms. The van der Waals surface area contributed by atoms with Crippen molar-refractivity contribution in [2.75, 3.05) is 7.11 Å². The lowest BCUT2D eigenvalue weighted by molar-refractivity contribution is -0.348. The Morgan fingerprint density at radius 2 is 1.68 bits per heavy atom. The van der Waals surface area contributed by atoms with Crippen LogP contribution in [0.3, 0.4) is 0 Å². The Morgan fingerprint density at radius 1 is 0.952 bits per heavy atom. The third-order valence-corrected chi connectivity index (χ3v) is 12.5. The van der Waals surface area contributed by atoms with Crippen LogP contribution < -0.4 is 0 Å². The molecule has 3 saturated heterocycles. The smallest absolute Gasteiger partial charge is 0.331 e. The maximum atomic E-state index is 13.4. The van der Waals surface area contributed by atoms with E-state index in [1.807, 2.05) is 13.0 Å². The monoisotopic (exact) mass is 888 g/mol. The molecule has 63 heavy (non-hydrogen) atoms. The zero-order valence-corrected chi connectivity index (χ0v) is 37.4. The van der Waals surface area contributed by atoms with Crippen LogP contribution in [0.15, 0.2) is 59.8 Å². The molecule has 4 N–H and O–H groups in total. The molecule has 0 radical (unpaired) electrons. The Hall–Kier alpha value is -4.23. The number of carbonyl (C=O) groups is 5. The fourth-order valence-corrected chi connectivity index (χ4v) is 8.79. The summed E-state index contributed by atoms with van der Waals surface area (Å²) in [5.74, 6) is -8.33. The minimum Gasteiger partial charge on any atom is -0.466 e. The van der Waals surface area contributed by atoms with Crippen LogP contribution >= 0.6 is 0 Å². The molecular weight excluding hydrogens is 824 g/mol. The largest absolute Gasteiger partial charge is 0.466 e. The van der Waals surface area contributed by atoms with E-state index in [0.717, 1.165) is 25.0 Å². The van der Waals surface area contributed by atoms with Crippen LogP contribution in [0.4, 0.5) is 0 Å². The molecule has 0 aromatic heterocycles. The normalized spacial score (nSPS) is 37.5. The summed E-state index contributed by atoms with van der Waals surface area (Å²) in [4.78, 5) is 64.7. The van der Waals surface area contributed by atoms with Gasteiger partial charge in [-0.05, 0) is 26.2 Å². The first-order valence-corrected chi connectivity index (χ1v) is 21.6. The summed E-state index contributed by atoms with van der Waals surface area (Å²) in [6.07, 6.45) is 1.01. The maximum absolute atomic E-state index is 13.4. The lowest BCUT2D eigenvalue weighted by Gasteiger charge is -2.53. The Bertz CT molecular complexity index is 1860. The molecule has 5 aliphatic rings. The molecule has 0 aromatic rings. The summed E-state index contributed by atoms with van der Waals surface area (Å²) in [5, 5.41) is 47.5. The lowest BCUT2D eigenvalue weighted by Crippen LogP contribution is -2.65. The maximum Gasteiger partial charge on any atom is 0.331 e. The Kier molecular flexibility index (Phi) is 16.0. The van der Waals surface area contributed by atoms with E-state index < -0.39 is 120 Å². The van der Waals surface area contributed by atoms with Crippen molar-refractivity contribution in [2.45, 2.75) is 179 Å². The highest BCUT2D eigenvalue weighted by molar-refractivity contribution is 5.87. The summed E-state index contributed by atoms with van der Waals surface area (Å²) >= 11 is 0. The number of aliphatic hydroxyl groups excluding tert-OH is 2. The highest BCUT2D eigenvalue weighted by Gasteiger charge is 2.63. The minimum atomic E-state index is -2.47. The number of carbonyl (C=O) groups excluding carboxylic acids is 5. The molecule has 0 aliphatic carbocycles. The molecule has 0 spiro atoms. The highest BCUT2D eigenvalue weighted by Crippen LogP contribution is 2.51. The van der Waals surface area contributed by atoms with Gasteiger partial charge < -0.3 is 58.3 Å². The first kappa shape index (κ1) is 49.8. The van der Waals surface area contributed by atoms with Crippen molar-refractivity contribution in [3.8, 4) is 0 Å². The second kappa shape index (κ2) is 20.3. The van der Waals surface area contributed by atoms with Crippen LogP contribution in [0.2, 0.25) is 0 Å². The van der Waals surface area contributed by atoms with Crippen molar-refractivity contribution in [1.82, 2.24) is 0 Å². The van der Waals surface area contributed by atoms with Crippen LogP contribution in [-0.2, 0) is 61.9 Å². The SMILES string of the molecule is CCC/C=C/C=C/C(=O)O[C@H]1C2=CC(=O)O[C@@H]2[C@H]2C[C@H]([C@@H](C)O)OC(=O)C[C@H](O)C[C@@H]3C[C@H](OC(C)=O)C(C)(C)[C@](O)(C[C@@H]4C/C(=C/C(=O)OC)C[C@H](/C=C/C(C)(C)[C@]1(O)O2)O4)O3. The number of rotatable bonds is 8. The molecule has 12 atom stereocenters. The van der Waals surface area contributed by atoms with E-state index in [-0.39, 0.29) is 44.1 Å². The van der Waals surface area contributed by atoms with Crippen molar-refractivity contribution < 1.29 is 82.3 Å². The second-order valence-corrected chi connectivity index (χ2v) is 18.2. The van der Waals surface area contributed by atoms with Gasteiger partial charge in [-0.3, -0.25) is 9.59 Å². The van der Waals surface area contributed by atoms with E-state index in [1.165, 1.54) is 33.1 Å². The third-order valence-electron chi connectivity index (χ3n) is 12.5. The third kappa shape index (κ3) is 11.7. The second-order valence-electron chi connectivity index (χ2n) is 18.2. The minimum absolute atomic E-state index is 0.0667. The lowest BCUT2D eigenvalue weighted by atomic mass is 9.70. The fourth-order valence-electron chi connectivity index (χ4n) is 8.79. The van der Waals surface area contributed by atoms with Crippen molar-refractivity contribution in [3.63, 3.8) is 0 Å². The topological polar surface area (TPSA) is 240 Å². The van der Waals surface area contributed by atoms with Gasteiger partial charge in [-0.2, -0.15) is 0 Å². The summed E-state index contributed by atoms with van der Waals surface area (Å²) in [6, 6.07) is 0. The number of hydrogen-bond donors (Lipinski definition) is 4. The van der Waals surface area contributed by atoms with Gasteiger partial charge in [-0.15, -0.1) is 0 Å². The van der Waals surface area contributed by atoms with Gasteiger partial charge in [0.25, 0.3) is 0 Å². The molecular formula is C46H64O17. The first-order valence-electron chi connectivity index (χ1n) is 21.6. The van der Waals surface area contributed by atoms with Crippen molar-refractivity contribution in [1.29, 1.82) is 0 Å². The Labute approximate surface area is 368 Å². The molecule has 0 saturated carbocycles. The average molecular weight is 889 g/mol. The summed E-state index contributed by atoms with van der Waals surface area (Å²) in [6.45, 7) is 11.2. The molecule has 350 valence electrons. The van der Waals surface area contributed by atoms with Crippen LogP contribution in [0.1, 0.15) is 106 Å². The van der Waals surface area contributed by atoms with Gasteiger partial charge in [-0.1, -0.05) is 77.0 Å². The van der Waals surface area contributed by atoms with E-state index in [4.69, 9.17) is 37.9 Å². The number of esters is 5. The number of unbranched alkanes of at least 4 members (excludes halogenated alkanes) is 1. The molecule has 6 bridgehead atoms. The van der Waals surface area contributed by atoms with Gasteiger partial charge in [0.05, 0.1) is 49.5 Å². The number of methoxy groups -OCH3 is 1. The van der Waals surface area contributed by atoms with E-state index in [9.17, 15) is 44.4 Å². The van der Waals surface area contributed by atoms with Gasteiger partial charge in [-0.25, -0.2) is 14.4 Å². The summed E-state index contributed by atoms with van der Waals surface area (Å²) in [7, 11) is 1.24. The van der Waals surface area contributed by atoms with Gasteiger partial charge in [0.15, 0.2) is 18.0 Å². The quantitative estimate of drug-likeness (QED) is 0.0894. The summed E-state index contributed by atoms with van der Waals surface area (Å²) < 4.78 is 47.3. The predicted molar refractivity (Wildman–Crippen MR) is 222 cm³/mol. The number of hydrogen-bond acceptors (Lipinski definition) is 17. The average Bonchev–Trinajstić information content (AvgIpc) is 3.58. The van der Waals surface area contributed by atoms with Crippen LogP contribution in [0, 0.1) is 10.8 Å². The first-order chi connectivity index (χ1) is 29.5. The number of cyclic esters (lactones) is 1. The number of aliphatic hydroxyl groups is 4. The molecule has 3 fully saturated rings. The molecule has 17 nitrogen and oxygen atoms in total. The molecule has 0 unspecified atom stereocenters. The van der Waals surface area contributed by atoms with Gasteiger partial charge >= 0.3 is 29.8 Å². The number of allylic oxidation sites excluding steroid dienone is 3. The zero-order chi connectivity index (χ0) is 46.5. The van der Waals surface area contributed by atoms with Crippen molar-refractivity contribution in [2.24, 2.45) is 10.8 Å². The summed E-state index contributed by atoms with van der Waals surface area (Å²) in [5.41, 5.74) is -2.09. The van der Waals surface area contributed by atoms with Gasteiger partial charge in [0, 0.05) is 61.8 Å². The van der Waals surface area contributed by atoms with E-state index in [0.29, 0.717) is 5.57 Å². The van der Waals surface area contributed by atoms with Crippen LogP contribution in [0.5, 0.6) is 0 Å².